The monoisotopic (exact) mass is 320 g/mol. The van der Waals surface area contributed by atoms with Crippen molar-refractivity contribution in [2.75, 3.05) is 0 Å². The fourth-order valence-electron chi connectivity index (χ4n) is 1.76. The molecule has 0 amide bonds. The van der Waals surface area contributed by atoms with Gasteiger partial charge in [-0.2, -0.15) is 0 Å². The number of para-hydroxylation sites is 2. The van der Waals surface area contributed by atoms with Gasteiger partial charge in [-0.1, -0.05) is 53.7 Å². The van der Waals surface area contributed by atoms with Gasteiger partial charge in [0.25, 0.3) is 0 Å². The number of hydrogen-bond donors (Lipinski definition) is 1. The smallest absolute Gasteiger partial charge is 0.145 e. The average molecular weight is 321 g/mol. The molecule has 0 radical (unpaired) electrons. The van der Waals surface area contributed by atoms with Gasteiger partial charge in [-0.05, 0) is 17.5 Å². The Kier molecular flexibility index (Phi) is 4.79. The second-order valence-corrected chi connectivity index (χ2v) is 10.6. The predicted octanol–water partition coefficient (Wildman–Crippen LogP) is 5.92. The Hall–Kier alpha value is -0.870. The topological polar surface area (TPSA) is 28.7 Å². The summed E-state index contributed by atoms with van der Waals surface area (Å²) in [7, 11) is 0. The number of thioether (sulfide) groups is 2. The predicted molar refractivity (Wildman–Crippen MR) is 98.8 cm³/mol. The van der Waals surface area contributed by atoms with E-state index in [4.69, 9.17) is 4.98 Å². The quantitative estimate of drug-likeness (QED) is 0.760. The molecule has 1 N–H and O–H groups in total. The molecule has 1 aromatic carbocycles. The fraction of sp³-hybridized carbons (Fsp3) is 0.471. The minimum absolute atomic E-state index is 0.156. The van der Waals surface area contributed by atoms with Crippen LogP contribution in [-0.4, -0.2) is 19.5 Å². The first-order valence-corrected chi connectivity index (χ1v) is 8.86. The summed E-state index contributed by atoms with van der Waals surface area (Å²) in [6.45, 7) is 13.4. The van der Waals surface area contributed by atoms with Gasteiger partial charge < -0.3 is 4.98 Å². The van der Waals surface area contributed by atoms with Crippen LogP contribution in [0.25, 0.3) is 15.9 Å². The summed E-state index contributed by atoms with van der Waals surface area (Å²) in [5, 5.41) is 2.24. The zero-order chi connectivity index (χ0) is 15.7. The van der Waals surface area contributed by atoms with E-state index in [2.05, 4.69) is 58.0 Å². The minimum atomic E-state index is 0.156. The van der Waals surface area contributed by atoms with E-state index in [9.17, 15) is 0 Å². The first-order chi connectivity index (χ1) is 9.64. The Labute approximate surface area is 136 Å². The molecule has 0 aliphatic heterocycles. The Balaban J connectivity index is 2.38. The van der Waals surface area contributed by atoms with Gasteiger partial charge in [-0.3, -0.25) is 0 Å². The maximum absolute atomic E-state index is 4.74. The first-order valence-electron chi connectivity index (χ1n) is 7.16. The normalized spacial score (nSPS) is 13.9. The van der Waals surface area contributed by atoms with Crippen molar-refractivity contribution in [2.24, 2.45) is 0 Å². The molecule has 2 nitrogen and oxygen atoms in total. The van der Waals surface area contributed by atoms with E-state index in [1.54, 1.807) is 0 Å². The third kappa shape index (κ3) is 5.11. The number of benzene rings is 1. The van der Waals surface area contributed by atoms with Gasteiger partial charge in [0.1, 0.15) is 5.82 Å². The molecule has 0 atom stereocenters. The second kappa shape index (κ2) is 6.09. The highest BCUT2D eigenvalue weighted by Gasteiger charge is 2.19. The van der Waals surface area contributed by atoms with Gasteiger partial charge >= 0.3 is 0 Å². The number of fused-ring (bicyclic) bond motifs is 1. The van der Waals surface area contributed by atoms with Gasteiger partial charge in [-0.15, -0.1) is 23.5 Å². The van der Waals surface area contributed by atoms with E-state index in [1.165, 1.54) is 4.91 Å². The largest absolute Gasteiger partial charge is 0.337 e. The molecule has 0 fully saturated rings. The standard InChI is InChI=1S/C17H24N2S2/c1-16(2,3)20-11-14(21-17(4,5)6)15-18-12-9-7-8-10-13(12)19-15/h7-11H,1-6H3,(H,18,19)/b14-11+. The number of nitrogens with one attached hydrogen (secondary N) is 1. The lowest BCUT2D eigenvalue weighted by Crippen LogP contribution is -2.09. The molecule has 0 bridgehead atoms. The minimum Gasteiger partial charge on any atom is -0.337 e. The summed E-state index contributed by atoms with van der Waals surface area (Å²) < 4.78 is 0.360. The molecule has 2 rings (SSSR count). The number of hydrogen-bond acceptors (Lipinski definition) is 3. The van der Waals surface area contributed by atoms with Gasteiger partial charge in [0.2, 0.25) is 0 Å². The van der Waals surface area contributed by atoms with Crippen molar-refractivity contribution in [3.63, 3.8) is 0 Å². The zero-order valence-electron chi connectivity index (χ0n) is 13.7. The SMILES string of the molecule is CC(C)(C)S/C=C(/SC(C)(C)C)c1nc2ccccc2[nH]1. The molecule has 2 aromatic rings. The highest BCUT2D eigenvalue weighted by Crippen LogP contribution is 2.40. The Morgan fingerprint density at radius 1 is 1.05 bits per heavy atom. The summed E-state index contributed by atoms with van der Waals surface area (Å²) in [6.07, 6.45) is 0. The molecule has 0 spiro atoms. The van der Waals surface area contributed by atoms with Crippen molar-refractivity contribution >= 4 is 39.5 Å². The van der Waals surface area contributed by atoms with Gasteiger partial charge in [0.05, 0.1) is 15.9 Å². The van der Waals surface area contributed by atoms with Crippen LogP contribution in [-0.2, 0) is 0 Å². The first kappa shape index (κ1) is 16.5. The fourth-order valence-corrected chi connectivity index (χ4v) is 3.52. The van der Waals surface area contributed by atoms with Gasteiger partial charge in [-0.25, -0.2) is 4.98 Å². The maximum atomic E-state index is 4.74. The van der Waals surface area contributed by atoms with Crippen LogP contribution >= 0.6 is 23.5 Å². The zero-order valence-corrected chi connectivity index (χ0v) is 15.3. The lowest BCUT2D eigenvalue weighted by molar-refractivity contribution is 0.806. The highest BCUT2D eigenvalue weighted by atomic mass is 32.2. The number of aromatic amines is 1. The van der Waals surface area contributed by atoms with Crippen LogP contribution in [0.3, 0.4) is 0 Å². The Bertz CT molecular complexity index is 610. The molecule has 0 unspecified atom stereocenters. The van der Waals surface area contributed by atoms with Crippen LogP contribution in [0, 0.1) is 0 Å². The van der Waals surface area contributed by atoms with Crippen molar-refractivity contribution < 1.29 is 0 Å². The summed E-state index contributed by atoms with van der Waals surface area (Å²) >= 11 is 3.70. The van der Waals surface area contributed by atoms with Crippen molar-refractivity contribution in [3.05, 3.63) is 35.5 Å². The molecule has 1 aromatic heterocycles. The Morgan fingerprint density at radius 2 is 1.71 bits per heavy atom. The summed E-state index contributed by atoms with van der Waals surface area (Å²) in [4.78, 5) is 9.39. The third-order valence-corrected chi connectivity index (χ3v) is 4.91. The second-order valence-electron chi connectivity index (χ2n) is 7.03. The van der Waals surface area contributed by atoms with Crippen LogP contribution in [0.2, 0.25) is 0 Å². The molecule has 0 aliphatic carbocycles. The molecule has 4 heteroatoms. The summed E-state index contributed by atoms with van der Waals surface area (Å²) in [6, 6.07) is 8.18. The number of imidazole rings is 1. The molecular formula is C17H24N2S2. The van der Waals surface area contributed by atoms with E-state index < -0.39 is 0 Å². The molecule has 0 saturated heterocycles. The van der Waals surface area contributed by atoms with E-state index in [-0.39, 0.29) is 9.49 Å². The molecule has 114 valence electrons. The van der Waals surface area contributed by atoms with E-state index in [0.717, 1.165) is 16.9 Å². The third-order valence-electron chi connectivity index (χ3n) is 2.56. The van der Waals surface area contributed by atoms with Crippen LogP contribution in [0.15, 0.2) is 29.7 Å². The van der Waals surface area contributed by atoms with Crippen LogP contribution < -0.4 is 0 Å². The van der Waals surface area contributed by atoms with Crippen LogP contribution in [0.5, 0.6) is 0 Å². The van der Waals surface area contributed by atoms with Crippen molar-refractivity contribution in [1.82, 2.24) is 9.97 Å². The van der Waals surface area contributed by atoms with Crippen LogP contribution in [0.1, 0.15) is 47.4 Å². The van der Waals surface area contributed by atoms with E-state index in [1.807, 2.05) is 41.7 Å². The lowest BCUT2D eigenvalue weighted by atomic mass is 10.3. The van der Waals surface area contributed by atoms with Crippen molar-refractivity contribution in [1.29, 1.82) is 0 Å². The molecule has 0 saturated carbocycles. The Morgan fingerprint density at radius 3 is 2.29 bits per heavy atom. The van der Waals surface area contributed by atoms with Crippen molar-refractivity contribution in [3.8, 4) is 0 Å². The summed E-state index contributed by atoms with van der Waals surface area (Å²) in [5.74, 6) is 0.966. The summed E-state index contributed by atoms with van der Waals surface area (Å²) in [5.41, 5.74) is 2.11. The number of rotatable bonds is 3. The van der Waals surface area contributed by atoms with Crippen LogP contribution in [0.4, 0.5) is 0 Å². The molecule has 21 heavy (non-hydrogen) atoms. The number of nitrogens with zero attached hydrogens (tertiary/aromatic N) is 1. The van der Waals surface area contributed by atoms with E-state index >= 15 is 0 Å². The lowest BCUT2D eigenvalue weighted by Gasteiger charge is -2.20. The van der Waals surface area contributed by atoms with E-state index in [0.29, 0.717) is 0 Å². The van der Waals surface area contributed by atoms with Crippen molar-refractivity contribution in [2.45, 2.75) is 51.0 Å². The maximum Gasteiger partial charge on any atom is 0.145 e. The van der Waals surface area contributed by atoms with Gasteiger partial charge in [0, 0.05) is 9.49 Å². The van der Waals surface area contributed by atoms with Gasteiger partial charge in [0.15, 0.2) is 0 Å². The average Bonchev–Trinajstić information content (AvgIpc) is 2.75. The highest BCUT2D eigenvalue weighted by molar-refractivity contribution is 8.11. The molecular weight excluding hydrogens is 296 g/mol. The number of aromatic nitrogens is 2. The number of H-pyrrole nitrogens is 1. The molecule has 0 aliphatic rings. The molecule has 1 heterocycles.